The lowest BCUT2D eigenvalue weighted by Crippen LogP contribution is -1.92. The van der Waals surface area contributed by atoms with Gasteiger partial charge in [0.25, 0.3) is 0 Å². The Labute approximate surface area is 210 Å². The number of hydrogen-bond acceptors (Lipinski definition) is 0. The maximum absolute atomic E-state index is 2.46. The van der Waals surface area contributed by atoms with Gasteiger partial charge in [0.1, 0.15) is 0 Å². The van der Waals surface area contributed by atoms with Crippen molar-refractivity contribution >= 4 is 32.3 Å². The Kier molecular flexibility index (Phi) is 4.03. The monoisotopic (exact) mass is 454 g/mol. The fourth-order valence-corrected chi connectivity index (χ4v) is 6.29. The van der Waals surface area contributed by atoms with E-state index in [9.17, 15) is 0 Å². The smallest absolute Gasteiger partial charge is 0.00261 e. The van der Waals surface area contributed by atoms with Crippen molar-refractivity contribution in [3.8, 4) is 44.5 Å². The molecule has 0 N–H and O–H groups in total. The quantitative estimate of drug-likeness (QED) is 0.228. The highest BCUT2D eigenvalue weighted by Crippen LogP contribution is 2.52. The summed E-state index contributed by atoms with van der Waals surface area (Å²) in [6.07, 6.45) is 0. The molecule has 0 heterocycles. The van der Waals surface area contributed by atoms with E-state index in [-0.39, 0.29) is 0 Å². The van der Waals surface area contributed by atoms with Gasteiger partial charge in [0.2, 0.25) is 0 Å². The second kappa shape index (κ2) is 7.41. The van der Waals surface area contributed by atoms with Gasteiger partial charge in [0.05, 0.1) is 0 Å². The van der Waals surface area contributed by atoms with Crippen molar-refractivity contribution in [2.24, 2.45) is 0 Å². The van der Waals surface area contributed by atoms with E-state index in [0.717, 1.165) is 0 Å². The Balaban J connectivity index is 1.62. The minimum absolute atomic E-state index is 1.26. The minimum atomic E-state index is 1.26. The van der Waals surface area contributed by atoms with Crippen molar-refractivity contribution in [2.75, 3.05) is 0 Å². The van der Waals surface area contributed by atoms with Gasteiger partial charge >= 0.3 is 0 Å². The third-order valence-electron chi connectivity index (χ3n) is 7.77. The lowest BCUT2D eigenvalue weighted by atomic mass is 9.84. The molecular weight excluding hydrogens is 432 g/mol. The first-order valence-electron chi connectivity index (χ1n) is 12.5. The SMILES string of the molecule is c1ccc(-c2c3ccccc3c(-c3ccccc3)c3cc4c(cc23)-c2cccc3cccc-4c23)cc1. The van der Waals surface area contributed by atoms with Crippen LogP contribution in [0.4, 0.5) is 0 Å². The summed E-state index contributed by atoms with van der Waals surface area (Å²) in [5, 5.41) is 7.89. The Bertz CT molecular complexity index is 1820. The average molecular weight is 455 g/mol. The van der Waals surface area contributed by atoms with Crippen LogP contribution in [-0.4, -0.2) is 0 Å². The van der Waals surface area contributed by atoms with E-state index in [4.69, 9.17) is 0 Å². The molecule has 8 rings (SSSR count). The van der Waals surface area contributed by atoms with Crippen molar-refractivity contribution in [1.82, 2.24) is 0 Å². The molecule has 0 saturated heterocycles. The van der Waals surface area contributed by atoms with Crippen LogP contribution in [0, 0.1) is 0 Å². The Morgan fingerprint density at radius 3 is 1.22 bits per heavy atom. The van der Waals surface area contributed by atoms with Gasteiger partial charge in [0, 0.05) is 0 Å². The Morgan fingerprint density at radius 2 is 0.750 bits per heavy atom. The molecule has 0 heteroatoms. The summed E-state index contributed by atoms with van der Waals surface area (Å²) < 4.78 is 0. The summed E-state index contributed by atoms with van der Waals surface area (Å²) in [6.45, 7) is 0. The van der Waals surface area contributed by atoms with E-state index in [0.29, 0.717) is 0 Å². The molecule has 0 nitrogen and oxygen atoms in total. The second-order valence-corrected chi connectivity index (χ2v) is 9.68. The van der Waals surface area contributed by atoms with E-state index in [1.54, 1.807) is 0 Å². The van der Waals surface area contributed by atoms with Crippen molar-refractivity contribution in [1.29, 1.82) is 0 Å². The topological polar surface area (TPSA) is 0 Å². The first-order valence-corrected chi connectivity index (χ1v) is 12.5. The summed E-state index contributed by atoms with van der Waals surface area (Å²) in [6, 6.07) is 49.0. The van der Waals surface area contributed by atoms with Crippen LogP contribution in [0.15, 0.2) is 133 Å². The molecule has 0 aromatic heterocycles. The summed E-state index contributed by atoms with van der Waals surface area (Å²) >= 11 is 0. The van der Waals surface area contributed by atoms with E-state index in [2.05, 4.69) is 133 Å². The van der Waals surface area contributed by atoms with Crippen molar-refractivity contribution < 1.29 is 0 Å². The molecule has 1 aliphatic rings. The number of hydrogen-bond donors (Lipinski definition) is 0. The first-order chi connectivity index (χ1) is 17.9. The molecule has 166 valence electrons. The fraction of sp³-hybridized carbons (Fsp3) is 0. The molecule has 36 heavy (non-hydrogen) atoms. The second-order valence-electron chi connectivity index (χ2n) is 9.68. The zero-order valence-electron chi connectivity index (χ0n) is 19.7. The van der Waals surface area contributed by atoms with Crippen LogP contribution < -0.4 is 0 Å². The highest BCUT2D eigenvalue weighted by Gasteiger charge is 2.24. The molecule has 0 amide bonds. The predicted molar refractivity (Wildman–Crippen MR) is 154 cm³/mol. The zero-order chi connectivity index (χ0) is 23.6. The highest BCUT2D eigenvalue weighted by molar-refractivity contribution is 6.25. The van der Waals surface area contributed by atoms with Crippen LogP contribution in [0.1, 0.15) is 0 Å². The molecule has 0 atom stereocenters. The summed E-state index contributed by atoms with van der Waals surface area (Å²) in [5.74, 6) is 0. The standard InChI is InChI=1S/C36H22/c1-3-11-23(12-4-1)35-26-17-7-8-18-27(26)36(24-13-5-2-6-14-24)33-22-31-29-20-10-16-25-15-9-19-28(34(25)29)30(31)21-32(33)35/h1-22H. The average Bonchev–Trinajstić information content (AvgIpc) is 3.26. The van der Waals surface area contributed by atoms with Crippen LogP contribution in [-0.2, 0) is 0 Å². The van der Waals surface area contributed by atoms with Gasteiger partial charge in [-0.1, -0.05) is 121 Å². The lowest BCUT2D eigenvalue weighted by Gasteiger charge is -2.19. The van der Waals surface area contributed by atoms with E-state index in [1.165, 1.54) is 76.8 Å². The van der Waals surface area contributed by atoms with Gasteiger partial charge in [-0.3, -0.25) is 0 Å². The zero-order valence-corrected chi connectivity index (χ0v) is 19.7. The summed E-state index contributed by atoms with van der Waals surface area (Å²) in [4.78, 5) is 0. The Morgan fingerprint density at radius 1 is 0.306 bits per heavy atom. The molecule has 0 saturated carbocycles. The highest BCUT2D eigenvalue weighted by atomic mass is 14.3. The third-order valence-corrected chi connectivity index (χ3v) is 7.77. The maximum Gasteiger partial charge on any atom is -0.00261 e. The Hall–Kier alpha value is -4.68. The van der Waals surface area contributed by atoms with Crippen LogP contribution >= 0.6 is 0 Å². The summed E-state index contributed by atoms with van der Waals surface area (Å²) in [7, 11) is 0. The van der Waals surface area contributed by atoms with Crippen molar-refractivity contribution in [2.45, 2.75) is 0 Å². The minimum Gasteiger partial charge on any atom is -0.0622 e. The van der Waals surface area contributed by atoms with Gasteiger partial charge in [-0.05, 0) is 89.0 Å². The molecular formula is C36H22. The van der Waals surface area contributed by atoms with Gasteiger partial charge < -0.3 is 0 Å². The van der Waals surface area contributed by atoms with Gasteiger partial charge in [-0.2, -0.15) is 0 Å². The molecule has 0 fully saturated rings. The fourth-order valence-electron chi connectivity index (χ4n) is 6.29. The maximum atomic E-state index is 2.46. The molecule has 7 aromatic carbocycles. The lowest BCUT2D eigenvalue weighted by molar-refractivity contribution is 1.65. The van der Waals surface area contributed by atoms with E-state index < -0.39 is 0 Å². The van der Waals surface area contributed by atoms with Crippen molar-refractivity contribution in [3.05, 3.63) is 133 Å². The molecule has 7 aromatic rings. The van der Waals surface area contributed by atoms with Crippen LogP contribution in [0.5, 0.6) is 0 Å². The molecule has 0 aliphatic heterocycles. The molecule has 0 spiro atoms. The van der Waals surface area contributed by atoms with Crippen LogP contribution in [0.2, 0.25) is 0 Å². The largest absolute Gasteiger partial charge is 0.0622 e. The molecule has 1 aliphatic carbocycles. The molecule has 0 bridgehead atoms. The van der Waals surface area contributed by atoms with E-state index >= 15 is 0 Å². The number of benzene rings is 7. The van der Waals surface area contributed by atoms with Crippen molar-refractivity contribution in [3.63, 3.8) is 0 Å². The first kappa shape index (κ1) is 19.6. The number of rotatable bonds is 2. The number of fused-ring (bicyclic) bond motifs is 5. The van der Waals surface area contributed by atoms with Gasteiger partial charge in [0.15, 0.2) is 0 Å². The molecule has 0 radical (unpaired) electrons. The third kappa shape index (κ3) is 2.64. The van der Waals surface area contributed by atoms with Crippen LogP contribution in [0.25, 0.3) is 76.8 Å². The normalized spacial score (nSPS) is 11.9. The summed E-state index contributed by atoms with van der Waals surface area (Å²) in [5.41, 5.74) is 10.5. The van der Waals surface area contributed by atoms with Gasteiger partial charge in [-0.15, -0.1) is 0 Å². The predicted octanol–water partition coefficient (Wildman–Crippen LogP) is 10.1. The van der Waals surface area contributed by atoms with Crippen LogP contribution in [0.3, 0.4) is 0 Å². The van der Waals surface area contributed by atoms with Gasteiger partial charge in [-0.25, -0.2) is 0 Å². The molecule has 0 unspecified atom stereocenters. The van der Waals surface area contributed by atoms with E-state index in [1.807, 2.05) is 0 Å².